The van der Waals surface area contributed by atoms with Crippen molar-refractivity contribution in [2.45, 2.75) is 6.54 Å². The SMILES string of the molecule is O=C(O)c1cc(CNc2ccc(Cl)cc2I)on1. The molecule has 2 N–H and O–H groups in total. The maximum atomic E-state index is 10.6. The first-order valence-electron chi connectivity index (χ1n) is 4.94. The van der Waals surface area contributed by atoms with Crippen LogP contribution < -0.4 is 5.32 Å². The summed E-state index contributed by atoms with van der Waals surface area (Å²) in [7, 11) is 0. The van der Waals surface area contributed by atoms with Gasteiger partial charge in [-0.25, -0.2) is 4.79 Å². The second-order valence-electron chi connectivity index (χ2n) is 3.46. The molecule has 18 heavy (non-hydrogen) atoms. The van der Waals surface area contributed by atoms with E-state index in [-0.39, 0.29) is 5.69 Å². The molecule has 2 aromatic rings. The van der Waals surface area contributed by atoms with Gasteiger partial charge in [-0.2, -0.15) is 0 Å². The molecule has 0 atom stereocenters. The minimum atomic E-state index is -1.11. The van der Waals surface area contributed by atoms with Crippen molar-refractivity contribution in [3.63, 3.8) is 0 Å². The van der Waals surface area contributed by atoms with Crippen molar-refractivity contribution in [3.8, 4) is 0 Å². The molecule has 0 aliphatic heterocycles. The van der Waals surface area contributed by atoms with Gasteiger partial charge in [0, 0.05) is 20.3 Å². The number of carboxylic acid groups (broad SMARTS) is 1. The van der Waals surface area contributed by atoms with E-state index in [1.165, 1.54) is 6.07 Å². The van der Waals surface area contributed by atoms with Gasteiger partial charge in [0.15, 0.2) is 11.5 Å². The van der Waals surface area contributed by atoms with Gasteiger partial charge in [0.25, 0.3) is 0 Å². The molecule has 0 radical (unpaired) electrons. The molecule has 1 aromatic carbocycles. The maximum Gasteiger partial charge on any atom is 0.358 e. The molecular weight excluding hydrogens is 370 g/mol. The van der Waals surface area contributed by atoms with E-state index < -0.39 is 5.97 Å². The summed E-state index contributed by atoms with van der Waals surface area (Å²) >= 11 is 8.00. The van der Waals surface area contributed by atoms with Crippen LogP contribution in [0, 0.1) is 3.57 Å². The Morgan fingerprint density at radius 3 is 2.89 bits per heavy atom. The molecule has 0 spiro atoms. The first-order chi connectivity index (χ1) is 8.56. The van der Waals surface area contributed by atoms with Crippen LogP contribution in [0.2, 0.25) is 5.02 Å². The number of aromatic carboxylic acids is 1. The molecule has 0 bridgehead atoms. The van der Waals surface area contributed by atoms with Crippen LogP contribution in [0.3, 0.4) is 0 Å². The summed E-state index contributed by atoms with van der Waals surface area (Å²) in [5.74, 6) is -0.649. The van der Waals surface area contributed by atoms with E-state index in [1.807, 2.05) is 12.1 Å². The van der Waals surface area contributed by atoms with E-state index in [2.05, 4.69) is 33.1 Å². The van der Waals surface area contributed by atoms with Crippen LogP contribution in [0.1, 0.15) is 16.2 Å². The Bertz CT molecular complexity index is 585. The maximum absolute atomic E-state index is 10.6. The highest BCUT2D eigenvalue weighted by molar-refractivity contribution is 14.1. The molecule has 0 fully saturated rings. The predicted molar refractivity (Wildman–Crippen MR) is 75.0 cm³/mol. The van der Waals surface area contributed by atoms with Gasteiger partial charge in [-0.15, -0.1) is 0 Å². The molecule has 0 aliphatic rings. The van der Waals surface area contributed by atoms with Crippen LogP contribution in [0.25, 0.3) is 0 Å². The summed E-state index contributed by atoms with van der Waals surface area (Å²) in [4.78, 5) is 10.6. The lowest BCUT2D eigenvalue weighted by atomic mass is 10.3. The second kappa shape index (κ2) is 5.57. The molecule has 0 unspecified atom stereocenters. The molecule has 2 rings (SSSR count). The lowest BCUT2D eigenvalue weighted by Crippen LogP contribution is -2.00. The van der Waals surface area contributed by atoms with Crippen LogP contribution in [-0.4, -0.2) is 16.2 Å². The monoisotopic (exact) mass is 378 g/mol. The van der Waals surface area contributed by atoms with E-state index >= 15 is 0 Å². The van der Waals surface area contributed by atoms with E-state index in [4.69, 9.17) is 21.2 Å². The number of halogens is 2. The minimum absolute atomic E-state index is 0.0994. The number of nitrogens with zero attached hydrogens (tertiary/aromatic N) is 1. The molecule has 0 aliphatic carbocycles. The average Bonchev–Trinajstić information content (AvgIpc) is 2.76. The molecule has 1 heterocycles. The van der Waals surface area contributed by atoms with Crippen molar-refractivity contribution in [2.24, 2.45) is 0 Å². The summed E-state index contributed by atoms with van der Waals surface area (Å²) in [5, 5.41) is 15.9. The number of carbonyl (C=O) groups is 1. The van der Waals surface area contributed by atoms with E-state index in [9.17, 15) is 4.79 Å². The summed E-state index contributed by atoms with van der Waals surface area (Å²) in [6.45, 7) is 0.359. The third-order valence-electron chi connectivity index (χ3n) is 2.16. The van der Waals surface area contributed by atoms with Crippen molar-refractivity contribution < 1.29 is 14.4 Å². The van der Waals surface area contributed by atoms with Crippen molar-refractivity contribution in [1.29, 1.82) is 0 Å². The highest BCUT2D eigenvalue weighted by atomic mass is 127. The number of anilines is 1. The van der Waals surface area contributed by atoms with Crippen molar-refractivity contribution >= 4 is 45.8 Å². The molecule has 7 heteroatoms. The van der Waals surface area contributed by atoms with Crippen molar-refractivity contribution in [3.05, 3.63) is 44.3 Å². The van der Waals surface area contributed by atoms with Gasteiger partial charge >= 0.3 is 5.97 Å². The third-order valence-corrected chi connectivity index (χ3v) is 3.29. The fourth-order valence-corrected chi connectivity index (χ4v) is 2.37. The Labute approximate surface area is 121 Å². The van der Waals surface area contributed by atoms with Gasteiger partial charge in [-0.05, 0) is 40.8 Å². The van der Waals surface area contributed by atoms with Crippen molar-refractivity contribution in [2.75, 3.05) is 5.32 Å². The second-order valence-corrected chi connectivity index (χ2v) is 5.06. The summed E-state index contributed by atoms with van der Waals surface area (Å²) < 4.78 is 5.86. The summed E-state index contributed by atoms with van der Waals surface area (Å²) in [6.07, 6.45) is 0. The minimum Gasteiger partial charge on any atom is -0.476 e. The number of rotatable bonds is 4. The Morgan fingerprint density at radius 1 is 1.50 bits per heavy atom. The Morgan fingerprint density at radius 2 is 2.28 bits per heavy atom. The molecule has 0 saturated heterocycles. The largest absolute Gasteiger partial charge is 0.476 e. The molecule has 0 saturated carbocycles. The zero-order valence-corrected chi connectivity index (χ0v) is 11.9. The van der Waals surface area contributed by atoms with Crippen LogP contribution in [0.15, 0.2) is 28.8 Å². The van der Waals surface area contributed by atoms with E-state index in [0.29, 0.717) is 17.3 Å². The standard InChI is InChI=1S/C11H8ClIN2O3/c12-6-1-2-9(8(13)3-6)14-5-7-4-10(11(16)17)15-18-7/h1-4,14H,5H2,(H,16,17). The van der Waals surface area contributed by atoms with Crippen LogP contribution in [0.5, 0.6) is 0 Å². The quantitative estimate of drug-likeness (QED) is 0.799. The molecule has 1 aromatic heterocycles. The number of hydrogen-bond donors (Lipinski definition) is 2. The Hall–Kier alpha value is -1.28. The summed E-state index contributed by atoms with van der Waals surface area (Å²) in [6, 6.07) is 6.83. The molecule has 5 nitrogen and oxygen atoms in total. The highest BCUT2D eigenvalue weighted by Crippen LogP contribution is 2.22. The lowest BCUT2D eigenvalue weighted by Gasteiger charge is -2.06. The van der Waals surface area contributed by atoms with Gasteiger partial charge in [0.2, 0.25) is 0 Å². The number of hydrogen-bond acceptors (Lipinski definition) is 4. The third kappa shape index (κ3) is 3.14. The topological polar surface area (TPSA) is 75.4 Å². The fourth-order valence-electron chi connectivity index (χ4n) is 1.31. The van der Waals surface area contributed by atoms with Gasteiger partial charge in [0.05, 0.1) is 6.54 Å². The number of carboxylic acids is 1. The first-order valence-corrected chi connectivity index (χ1v) is 6.40. The van der Waals surface area contributed by atoms with Gasteiger partial charge < -0.3 is 14.9 Å². The van der Waals surface area contributed by atoms with Crippen LogP contribution >= 0.6 is 34.2 Å². The highest BCUT2D eigenvalue weighted by Gasteiger charge is 2.10. The lowest BCUT2D eigenvalue weighted by molar-refractivity contribution is 0.0685. The Balaban J connectivity index is 2.04. The van der Waals surface area contributed by atoms with Gasteiger partial charge in [-0.3, -0.25) is 0 Å². The number of aromatic nitrogens is 1. The predicted octanol–water partition coefficient (Wildman–Crippen LogP) is 3.24. The summed E-state index contributed by atoms with van der Waals surface area (Å²) in [5.41, 5.74) is 0.797. The smallest absolute Gasteiger partial charge is 0.358 e. The van der Waals surface area contributed by atoms with E-state index in [1.54, 1.807) is 6.07 Å². The zero-order valence-electron chi connectivity index (χ0n) is 8.98. The molecule has 94 valence electrons. The van der Waals surface area contributed by atoms with Gasteiger partial charge in [-0.1, -0.05) is 16.8 Å². The fraction of sp³-hybridized carbons (Fsp3) is 0.0909. The zero-order chi connectivity index (χ0) is 13.1. The number of nitrogens with one attached hydrogen (secondary N) is 1. The van der Waals surface area contributed by atoms with Crippen LogP contribution in [0.4, 0.5) is 5.69 Å². The van der Waals surface area contributed by atoms with E-state index in [0.717, 1.165) is 9.26 Å². The van der Waals surface area contributed by atoms with Gasteiger partial charge in [0.1, 0.15) is 0 Å². The Kier molecular flexibility index (Phi) is 4.07. The normalized spacial score (nSPS) is 10.3. The van der Waals surface area contributed by atoms with Crippen molar-refractivity contribution in [1.82, 2.24) is 5.16 Å². The molecule has 0 amide bonds. The average molecular weight is 379 g/mol. The van der Waals surface area contributed by atoms with Crippen LogP contribution in [-0.2, 0) is 6.54 Å². The first kappa shape index (κ1) is 13.2. The number of benzene rings is 1. The molecular formula is C11H8ClIN2O3.